The fraction of sp³-hybridized carbons (Fsp3) is 0.571. The Labute approximate surface area is 132 Å². The smallest absolute Gasteiger partial charge is 0.244 e. The minimum Gasteiger partial charge on any atom is -0.495 e. The highest BCUT2D eigenvalue weighted by molar-refractivity contribution is 7.89. The molecule has 1 aromatic rings. The Balaban J connectivity index is 2.90. The number of nitrogens with one attached hydrogen (secondary N) is 1. The predicted molar refractivity (Wildman–Crippen MR) is 85.6 cm³/mol. The van der Waals surface area contributed by atoms with Gasteiger partial charge in [-0.3, -0.25) is 4.90 Å². The molecular weight excluding hydrogens is 312 g/mol. The maximum absolute atomic E-state index is 12.4. The first-order chi connectivity index (χ1) is 9.85. The van der Waals surface area contributed by atoms with E-state index in [4.69, 9.17) is 16.3 Å². The zero-order valence-corrected chi connectivity index (χ0v) is 14.5. The van der Waals surface area contributed by atoms with Gasteiger partial charge in [-0.2, -0.15) is 0 Å². The lowest BCUT2D eigenvalue weighted by Crippen LogP contribution is -2.42. The van der Waals surface area contributed by atoms with Gasteiger partial charge in [0, 0.05) is 17.6 Å². The van der Waals surface area contributed by atoms with Gasteiger partial charge in [0.15, 0.2) is 0 Å². The molecule has 0 saturated heterocycles. The zero-order valence-electron chi connectivity index (χ0n) is 12.9. The molecular formula is C14H23ClN2O3S. The van der Waals surface area contributed by atoms with Crippen LogP contribution in [0.4, 0.5) is 0 Å². The van der Waals surface area contributed by atoms with Gasteiger partial charge in [0.25, 0.3) is 0 Å². The normalized spacial score (nSPS) is 13.4. The molecule has 7 heteroatoms. The number of hydrogen-bond donors (Lipinski definition) is 1. The molecule has 1 unspecified atom stereocenters. The van der Waals surface area contributed by atoms with Crippen LogP contribution in [0.3, 0.4) is 0 Å². The molecule has 5 nitrogen and oxygen atoms in total. The average Bonchev–Trinajstić information content (AvgIpc) is 2.46. The molecule has 0 aromatic heterocycles. The van der Waals surface area contributed by atoms with Crippen molar-refractivity contribution >= 4 is 21.6 Å². The molecule has 0 heterocycles. The van der Waals surface area contributed by atoms with Crippen molar-refractivity contribution in [2.45, 2.75) is 31.7 Å². The first-order valence-corrected chi connectivity index (χ1v) is 8.79. The standard InChI is InChI=1S/C14H23ClN2O3S/c1-5-17(6-2)11(3)10-16-21(18,19)14-9-12(15)7-8-13(14)20-4/h7-9,11,16H,5-6,10H2,1-4H3. The largest absolute Gasteiger partial charge is 0.495 e. The summed E-state index contributed by atoms with van der Waals surface area (Å²) >= 11 is 5.88. The fourth-order valence-electron chi connectivity index (χ4n) is 2.14. The Hall–Kier alpha value is -0.820. The van der Waals surface area contributed by atoms with Crippen LogP contribution in [0.1, 0.15) is 20.8 Å². The number of nitrogens with zero attached hydrogens (tertiary/aromatic N) is 1. The molecule has 1 rings (SSSR count). The van der Waals surface area contributed by atoms with Crippen LogP contribution in [0.5, 0.6) is 5.75 Å². The molecule has 0 aliphatic heterocycles. The summed E-state index contributed by atoms with van der Waals surface area (Å²) in [4.78, 5) is 2.24. The van der Waals surface area contributed by atoms with Gasteiger partial charge < -0.3 is 4.74 Å². The third-order valence-corrected chi connectivity index (χ3v) is 5.10. The van der Waals surface area contributed by atoms with E-state index in [0.29, 0.717) is 11.6 Å². The van der Waals surface area contributed by atoms with Crippen molar-refractivity contribution in [2.75, 3.05) is 26.7 Å². The molecule has 0 aliphatic carbocycles. The second kappa shape index (κ2) is 7.98. The fourth-order valence-corrected chi connectivity index (χ4v) is 3.70. The highest BCUT2D eigenvalue weighted by Crippen LogP contribution is 2.26. The van der Waals surface area contributed by atoms with Gasteiger partial charge in [0.1, 0.15) is 10.6 Å². The molecule has 0 spiro atoms. The zero-order chi connectivity index (χ0) is 16.0. The second-order valence-corrected chi connectivity index (χ2v) is 6.89. The lowest BCUT2D eigenvalue weighted by Gasteiger charge is -2.26. The third-order valence-electron chi connectivity index (χ3n) is 3.42. The summed E-state index contributed by atoms with van der Waals surface area (Å²) in [6, 6.07) is 4.65. The molecule has 120 valence electrons. The molecule has 0 amide bonds. The van der Waals surface area contributed by atoms with Crippen LogP contribution in [-0.4, -0.2) is 46.1 Å². The minimum absolute atomic E-state index is 0.0595. The summed E-state index contributed by atoms with van der Waals surface area (Å²) in [5.74, 6) is 0.280. The first-order valence-electron chi connectivity index (χ1n) is 6.92. The summed E-state index contributed by atoms with van der Waals surface area (Å²) in [6.07, 6.45) is 0. The number of rotatable bonds is 8. The molecule has 1 N–H and O–H groups in total. The number of benzene rings is 1. The highest BCUT2D eigenvalue weighted by atomic mass is 35.5. The summed E-state index contributed by atoms with van der Waals surface area (Å²) < 4.78 is 32.5. The quantitative estimate of drug-likeness (QED) is 0.793. The van der Waals surface area contributed by atoms with Gasteiger partial charge >= 0.3 is 0 Å². The van der Waals surface area contributed by atoms with Crippen molar-refractivity contribution in [2.24, 2.45) is 0 Å². The van der Waals surface area contributed by atoms with Crippen molar-refractivity contribution in [3.63, 3.8) is 0 Å². The van der Waals surface area contributed by atoms with Gasteiger partial charge in [-0.1, -0.05) is 25.4 Å². The number of methoxy groups -OCH3 is 1. The average molecular weight is 335 g/mol. The lowest BCUT2D eigenvalue weighted by molar-refractivity contribution is 0.232. The van der Waals surface area contributed by atoms with E-state index in [1.807, 2.05) is 6.92 Å². The molecule has 1 atom stereocenters. The lowest BCUT2D eigenvalue weighted by atomic mass is 10.3. The maximum atomic E-state index is 12.4. The maximum Gasteiger partial charge on any atom is 0.244 e. The van der Waals surface area contributed by atoms with Crippen LogP contribution >= 0.6 is 11.6 Å². The Morgan fingerprint density at radius 1 is 1.33 bits per heavy atom. The monoisotopic (exact) mass is 334 g/mol. The summed E-state index contributed by atoms with van der Waals surface area (Å²) in [5, 5.41) is 0.355. The van der Waals surface area contributed by atoms with Crippen LogP contribution in [0, 0.1) is 0 Å². The predicted octanol–water partition coefficient (Wildman–Crippen LogP) is 2.36. The van der Waals surface area contributed by atoms with Crippen molar-refractivity contribution in [1.29, 1.82) is 0 Å². The van der Waals surface area contributed by atoms with Gasteiger partial charge in [-0.05, 0) is 38.2 Å². The van der Waals surface area contributed by atoms with E-state index in [1.54, 1.807) is 12.1 Å². The van der Waals surface area contributed by atoms with E-state index in [2.05, 4.69) is 23.5 Å². The number of hydrogen-bond acceptors (Lipinski definition) is 4. The summed E-state index contributed by atoms with van der Waals surface area (Å²) in [5.41, 5.74) is 0. The molecule has 21 heavy (non-hydrogen) atoms. The van der Waals surface area contributed by atoms with Crippen LogP contribution in [0.25, 0.3) is 0 Å². The Kier molecular flexibility index (Phi) is 6.93. The van der Waals surface area contributed by atoms with Crippen molar-refractivity contribution in [3.8, 4) is 5.75 Å². The van der Waals surface area contributed by atoms with Gasteiger partial charge in [-0.15, -0.1) is 0 Å². The summed E-state index contributed by atoms with van der Waals surface area (Å²) in [7, 11) is -2.23. The number of halogens is 1. The van der Waals surface area contributed by atoms with Gasteiger partial charge in [0.05, 0.1) is 7.11 Å². The van der Waals surface area contributed by atoms with Gasteiger partial charge in [0.2, 0.25) is 10.0 Å². The second-order valence-electron chi connectivity index (χ2n) is 4.72. The highest BCUT2D eigenvalue weighted by Gasteiger charge is 2.21. The Morgan fingerprint density at radius 3 is 2.48 bits per heavy atom. The van der Waals surface area contributed by atoms with Gasteiger partial charge in [-0.25, -0.2) is 13.1 Å². The van der Waals surface area contributed by atoms with Crippen LogP contribution < -0.4 is 9.46 Å². The molecule has 0 saturated carbocycles. The van der Waals surface area contributed by atoms with Crippen LogP contribution in [0.15, 0.2) is 23.1 Å². The molecule has 0 aliphatic rings. The molecule has 1 aromatic carbocycles. The van der Waals surface area contributed by atoms with E-state index in [1.165, 1.54) is 13.2 Å². The molecule has 0 fully saturated rings. The SMILES string of the molecule is CCN(CC)C(C)CNS(=O)(=O)c1cc(Cl)ccc1OC. The molecule has 0 bridgehead atoms. The Bertz CT molecular complexity index is 559. The van der Waals surface area contributed by atoms with Crippen molar-refractivity contribution in [3.05, 3.63) is 23.2 Å². The van der Waals surface area contributed by atoms with Crippen LogP contribution in [0.2, 0.25) is 5.02 Å². The number of sulfonamides is 1. The van der Waals surface area contributed by atoms with Crippen molar-refractivity contribution in [1.82, 2.24) is 9.62 Å². The van der Waals surface area contributed by atoms with E-state index in [-0.39, 0.29) is 16.7 Å². The Morgan fingerprint density at radius 2 is 1.95 bits per heavy atom. The van der Waals surface area contributed by atoms with Crippen LogP contribution in [-0.2, 0) is 10.0 Å². The number of ether oxygens (including phenoxy) is 1. The topological polar surface area (TPSA) is 58.6 Å². The summed E-state index contributed by atoms with van der Waals surface area (Å²) in [6.45, 7) is 8.17. The van der Waals surface area contributed by atoms with E-state index in [0.717, 1.165) is 13.1 Å². The first kappa shape index (κ1) is 18.2. The molecule has 0 radical (unpaired) electrons. The minimum atomic E-state index is -3.66. The third kappa shape index (κ3) is 4.85. The van der Waals surface area contributed by atoms with E-state index >= 15 is 0 Å². The van der Waals surface area contributed by atoms with Crippen molar-refractivity contribution < 1.29 is 13.2 Å². The van der Waals surface area contributed by atoms with E-state index in [9.17, 15) is 8.42 Å². The van der Waals surface area contributed by atoms with E-state index < -0.39 is 10.0 Å². The number of likely N-dealkylation sites (N-methyl/N-ethyl adjacent to an activating group) is 1.